The van der Waals surface area contributed by atoms with Crippen molar-refractivity contribution in [3.8, 4) is 5.75 Å². The highest BCUT2D eigenvalue weighted by molar-refractivity contribution is 7.80. The van der Waals surface area contributed by atoms with Gasteiger partial charge in [0.2, 0.25) is 0 Å². The number of nitrogens with two attached hydrogens (primary N) is 1. The SMILES string of the molecule is Cc1ccccc1COc1ccc(C(=O)NC(N)=S)cc1. The molecule has 0 aliphatic carbocycles. The van der Waals surface area contributed by atoms with Crippen LogP contribution in [0.1, 0.15) is 21.5 Å². The molecule has 0 unspecified atom stereocenters. The van der Waals surface area contributed by atoms with E-state index in [9.17, 15) is 4.79 Å². The van der Waals surface area contributed by atoms with Gasteiger partial charge in [-0.2, -0.15) is 0 Å². The molecule has 2 rings (SSSR count). The zero-order valence-electron chi connectivity index (χ0n) is 11.6. The number of carbonyl (C=O) groups excluding carboxylic acids is 1. The summed E-state index contributed by atoms with van der Waals surface area (Å²) in [5.74, 6) is 0.373. The summed E-state index contributed by atoms with van der Waals surface area (Å²) in [6.45, 7) is 2.53. The fourth-order valence-corrected chi connectivity index (χ4v) is 1.91. The Morgan fingerprint density at radius 3 is 2.48 bits per heavy atom. The van der Waals surface area contributed by atoms with Crippen molar-refractivity contribution in [3.05, 3.63) is 65.2 Å². The summed E-state index contributed by atoms with van der Waals surface area (Å²) >= 11 is 4.63. The van der Waals surface area contributed by atoms with Crippen molar-refractivity contribution < 1.29 is 9.53 Å². The molecule has 3 N–H and O–H groups in total. The van der Waals surface area contributed by atoms with Gasteiger partial charge in [0, 0.05) is 5.56 Å². The first-order chi connectivity index (χ1) is 10.1. The van der Waals surface area contributed by atoms with E-state index < -0.39 is 0 Å². The van der Waals surface area contributed by atoms with E-state index in [0.29, 0.717) is 17.9 Å². The fourth-order valence-electron chi connectivity index (χ4n) is 1.82. The van der Waals surface area contributed by atoms with Crippen LogP contribution < -0.4 is 15.8 Å². The van der Waals surface area contributed by atoms with Crippen molar-refractivity contribution >= 4 is 23.2 Å². The van der Waals surface area contributed by atoms with Gasteiger partial charge in [0.25, 0.3) is 5.91 Å². The van der Waals surface area contributed by atoms with E-state index in [2.05, 4.69) is 17.5 Å². The molecular formula is C16H16N2O2S. The average molecular weight is 300 g/mol. The lowest BCUT2D eigenvalue weighted by Gasteiger charge is -2.09. The van der Waals surface area contributed by atoms with Crippen LogP contribution in [0.5, 0.6) is 5.75 Å². The van der Waals surface area contributed by atoms with E-state index >= 15 is 0 Å². The zero-order chi connectivity index (χ0) is 15.2. The largest absolute Gasteiger partial charge is 0.489 e. The van der Waals surface area contributed by atoms with E-state index in [0.717, 1.165) is 5.56 Å². The second-order valence-electron chi connectivity index (χ2n) is 4.56. The first kappa shape index (κ1) is 15.0. The van der Waals surface area contributed by atoms with Crippen LogP contribution in [0.2, 0.25) is 0 Å². The van der Waals surface area contributed by atoms with Gasteiger partial charge in [0.1, 0.15) is 12.4 Å². The van der Waals surface area contributed by atoms with Gasteiger partial charge in [0.05, 0.1) is 0 Å². The molecule has 0 aliphatic rings. The molecule has 0 aromatic heterocycles. The highest BCUT2D eigenvalue weighted by Gasteiger charge is 2.06. The van der Waals surface area contributed by atoms with Crippen molar-refractivity contribution in [1.82, 2.24) is 5.32 Å². The van der Waals surface area contributed by atoms with Crippen molar-refractivity contribution in [3.63, 3.8) is 0 Å². The summed E-state index contributed by atoms with van der Waals surface area (Å²) in [6, 6.07) is 14.9. The summed E-state index contributed by atoms with van der Waals surface area (Å²) in [4.78, 5) is 11.7. The molecular weight excluding hydrogens is 284 g/mol. The normalized spacial score (nSPS) is 9.95. The van der Waals surface area contributed by atoms with Crippen molar-refractivity contribution in [2.24, 2.45) is 5.73 Å². The molecule has 0 radical (unpaired) electrons. The number of thiocarbonyl (C=S) groups is 1. The minimum Gasteiger partial charge on any atom is -0.489 e. The first-order valence-electron chi connectivity index (χ1n) is 6.44. The van der Waals surface area contributed by atoms with Gasteiger partial charge < -0.3 is 10.5 Å². The summed E-state index contributed by atoms with van der Waals surface area (Å²) in [5.41, 5.74) is 8.06. The molecule has 2 aromatic rings. The lowest BCUT2D eigenvalue weighted by molar-refractivity contribution is 0.0977. The number of aryl methyl sites for hydroxylation is 1. The van der Waals surface area contributed by atoms with Crippen molar-refractivity contribution in [2.45, 2.75) is 13.5 Å². The lowest BCUT2D eigenvalue weighted by atomic mass is 10.1. The second kappa shape index (κ2) is 6.85. The van der Waals surface area contributed by atoms with Crippen LogP contribution in [0.25, 0.3) is 0 Å². The molecule has 108 valence electrons. The number of ether oxygens (including phenoxy) is 1. The van der Waals surface area contributed by atoms with Crippen LogP contribution in [0.3, 0.4) is 0 Å². The molecule has 0 fully saturated rings. The third-order valence-corrected chi connectivity index (χ3v) is 3.11. The number of nitrogens with one attached hydrogen (secondary N) is 1. The summed E-state index contributed by atoms with van der Waals surface area (Å²) in [6.07, 6.45) is 0. The van der Waals surface area contributed by atoms with Crippen molar-refractivity contribution in [1.29, 1.82) is 0 Å². The number of amides is 1. The van der Waals surface area contributed by atoms with Crippen LogP contribution in [0.15, 0.2) is 48.5 Å². The molecule has 0 heterocycles. The number of hydrogen-bond acceptors (Lipinski definition) is 3. The minimum absolute atomic E-state index is 0.0418. The Morgan fingerprint density at radius 2 is 1.86 bits per heavy atom. The zero-order valence-corrected chi connectivity index (χ0v) is 12.4. The third kappa shape index (κ3) is 4.29. The van der Waals surface area contributed by atoms with Crippen molar-refractivity contribution in [2.75, 3.05) is 0 Å². The van der Waals surface area contributed by atoms with Crippen LogP contribution in [-0.4, -0.2) is 11.0 Å². The van der Waals surface area contributed by atoms with E-state index in [1.165, 1.54) is 5.56 Å². The number of benzene rings is 2. The topological polar surface area (TPSA) is 64.3 Å². The molecule has 0 bridgehead atoms. The van der Waals surface area contributed by atoms with Gasteiger partial charge in [-0.15, -0.1) is 0 Å². The Hall–Kier alpha value is -2.40. The maximum atomic E-state index is 11.7. The molecule has 0 saturated heterocycles. The van der Waals surface area contributed by atoms with Crippen LogP contribution in [0, 0.1) is 6.92 Å². The Morgan fingerprint density at radius 1 is 1.19 bits per heavy atom. The molecule has 0 saturated carbocycles. The van der Waals surface area contributed by atoms with Crippen LogP contribution >= 0.6 is 12.2 Å². The lowest BCUT2D eigenvalue weighted by Crippen LogP contribution is -2.34. The van der Waals surface area contributed by atoms with Gasteiger partial charge in [-0.05, 0) is 54.5 Å². The Labute approximate surface area is 128 Å². The standard InChI is InChI=1S/C16H16N2O2S/c1-11-4-2-3-5-13(11)10-20-14-8-6-12(7-9-14)15(19)18-16(17)21/h2-9H,10H2,1H3,(H3,17,18,19,21). The van der Waals surface area contributed by atoms with Gasteiger partial charge >= 0.3 is 0 Å². The minimum atomic E-state index is -0.326. The number of rotatable bonds is 4. The van der Waals surface area contributed by atoms with Crippen LogP contribution in [0.4, 0.5) is 0 Å². The predicted octanol–water partition coefficient (Wildman–Crippen LogP) is 2.55. The maximum Gasteiger partial charge on any atom is 0.257 e. The second-order valence-corrected chi connectivity index (χ2v) is 5.00. The van der Waals surface area contributed by atoms with Crippen LogP contribution in [-0.2, 0) is 6.61 Å². The Kier molecular flexibility index (Phi) is 4.90. The van der Waals surface area contributed by atoms with E-state index in [4.69, 9.17) is 10.5 Å². The molecule has 1 amide bonds. The molecule has 4 nitrogen and oxygen atoms in total. The van der Waals surface area contributed by atoms with E-state index in [1.54, 1.807) is 24.3 Å². The van der Waals surface area contributed by atoms with E-state index in [1.807, 2.05) is 31.2 Å². The molecule has 21 heavy (non-hydrogen) atoms. The number of carbonyl (C=O) groups is 1. The fraction of sp³-hybridized carbons (Fsp3) is 0.125. The Balaban J connectivity index is 1.98. The maximum absolute atomic E-state index is 11.7. The van der Waals surface area contributed by atoms with Gasteiger partial charge in [0.15, 0.2) is 5.11 Å². The highest BCUT2D eigenvalue weighted by atomic mass is 32.1. The first-order valence-corrected chi connectivity index (χ1v) is 6.85. The summed E-state index contributed by atoms with van der Waals surface area (Å²) in [5, 5.41) is 2.33. The van der Waals surface area contributed by atoms with Gasteiger partial charge in [-0.1, -0.05) is 24.3 Å². The number of hydrogen-bond donors (Lipinski definition) is 2. The average Bonchev–Trinajstić information content (AvgIpc) is 2.46. The monoisotopic (exact) mass is 300 g/mol. The molecule has 0 aliphatic heterocycles. The smallest absolute Gasteiger partial charge is 0.257 e. The Bertz CT molecular complexity index is 654. The van der Waals surface area contributed by atoms with Gasteiger partial charge in [-0.3, -0.25) is 10.1 Å². The molecule has 0 spiro atoms. The van der Waals surface area contributed by atoms with E-state index in [-0.39, 0.29) is 11.0 Å². The van der Waals surface area contributed by atoms with Gasteiger partial charge in [-0.25, -0.2) is 0 Å². The molecule has 5 heteroatoms. The summed E-state index contributed by atoms with van der Waals surface area (Å²) < 4.78 is 5.71. The molecule has 2 aromatic carbocycles. The molecule has 0 atom stereocenters. The highest BCUT2D eigenvalue weighted by Crippen LogP contribution is 2.15. The summed E-state index contributed by atoms with van der Waals surface area (Å²) in [7, 11) is 0. The third-order valence-electron chi connectivity index (χ3n) is 3.01. The predicted molar refractivity (Wildman–Crippen MR) is 86.2 cm³/mol. The quantitative estimate of drug-likeness (QED) is 0.852.